The van der Waals surface area contributed by atoms with Crippen molar-refractivity contribution in [3.8, 4) is 0 Å². The number of halogens is 2. The Labute approximate surface area is 181 Å². The Morgan fingerprint density at radius 1 is 1.42 bits per heavy atom. The maximum Gasteiger partial charge on any atom is 0.263 e. The number of ether oxygens (including phenoxy) is 2. The van der Waals surface area contributed by atoms with Crippen molar-refractivity contribution < 1.29 is 23.0 Å². The van der Waals surface area contributed by atoms with Gasteiger partial charge in [-0.3, -0.25) is 4.79 Å². The van der Waals surface area contributed by atoms with Gasteiger partial charge in [-0.1, -0.05) is 12.6 Å². The van der Waals surface area contributed by atoms with Crippen LogP contribution in [0.15, 0.2) is 60.2 Å². The number of nitrogens with one attached hydrogen (secondary N) is 1. The smallest absolute Gasteiger partial charge is 0.263 e. The number of amides is 1. The summed E-state index contributed by atoms with van der Waals surface area (Å²) in [5, 5.41) is 0.786. The lowest BCUT2D eigenvalue weighted by Crippen LogP contribution is -2.41. The highest BCUT2D eigenvalue weighted by molar-refractivity contribution is 5.84. The molecular formula is C24H28F2N2O3. The number of hydrogen-bond donors (Lipinski definition) is 1. The number of piperidine rings is 1. The van der Waals surface area contributed by atoms with Gasteiger partial charge in [0.15, 0.2) is 5.76 Å². The molecule has 7 heteroatoms. The second-order valence-electron chi connectivity index (χ2n) is 7.44. The van der Waals surface area contributed by atoms with Crippen molar-refractivity contribution in [1.82, 2.24) is 9.88 Å². The lowest BCUT2D eigenvalue weighted by Gasteiger charge is -2.36. The van der Waals surface area contributed by atoms with Crippen LogP contribution in [0.5, 0.6) is 0 Å². The molecule has 0 saturated carbocycles. The van der Waals surface area contributed by atoms with Crippen LogP contribution in [0.25, 0.3) is 10.9 Å². The fraction of sp³-hybridized carbons (Fsp3) is 0.375. The topological polar surface area (TPSA) is 54.6 Å². The average molecular weight is 430 g/mol. The predicted molar refractivity (Wildman–Crippen MR) is 117 cm³/mol. The average Bonchev–Trinajstić information content (AvgIpc) is 3.18. The summed E-state index contributed by atoms with van der Waals surface area (Å²) in [4.78, 5) is 16.5. The Morgan fingerprint density at radius 2 is 2.23 bits per heavy atom. The molecule has 1 aliphatic rings. The molecular weight excluding hydrogens is 402 g/mol. The van der Waals surface area contributed by atoms with Gasteiger partial charge < -0.3 is 19.4 Å². The van der Waals surface area contributed by atoms with E-state index >= 15 is 0 Å². The third-order valence-electron chi connectivity index (χ3n) is 5.64. The Hall–Kier alpha value is -3.09. The first-order valence-corrected chi connectivity index (χ1v) is 10.3. The minimum Gasteiger partial charge on any atom is -0.498 e. The zero-order valence-corrected chi connectivity index (χ0v) is 17.9. The van der Waals surface area contributed by atoms with E-state index in [4.69, 9.17) is 9.47 Å². The number of carbonyl (C=O) groups excluding carboxylic acids is 1. The molecule has 1 aromatic heterocycles. The standard InChI is InChI=1S/C24H28F2N2O3/c1-4-31-14-20(30-3)11-17-9-10-28(15-29)23(16(17)2)8-6-19-13-27-22-7-5-18(24(25)26)12-21(19)22/h5,7,11-15,23-24,27H,2,4,6,8-10H2,1,3H3/b17-11-,20-14-. The second-order valence-corrected chi connectivity index (χ2v) is 7.44. The first kappa shape index (κ1) is 22.6. The summed E-state index contributed by atoms with van der Waals surface area (Å²) in [6.45, 7) is 7.25. The van der Waals surface area contributed by atoms with Gasteiger partial charge in [-0.05, 0) is 61.1 Å². The number of methoxy groups -OCH3 is 1. The van der Waals surface area contributed by atoms with E-state index in [2.05, 4.69) is 11.6 Å². The molecule has 166 valence electrons. The number of alkyl halides is 2. The van der Waals surface area contributed by atoms with Crippen LogP contribution in [0, 0.1) is 0 Å². The first-order chi connectivity index (χ1) is 15.0. The van der Waals surface area contributed by atoms with Gasteiger partial charge in [0, 0.05) is 29.2 Å². The third kappa shape index (κ3) is 5.16. The van der Waals surface area contributed by atoms with Crippen LogP contribution < -0.4 is 0 Å². The normalized spacial score (nSPS) is 18.8. The third-order valence-corrected chi connectivity index (χ3v) is 5.64. The van der Waals surface area contributed by atoms with E-state index in [9.17, 15) is 13.6 Å². The molecule has 1 atom stereocenters. The molecule has 1 amide bonds. The molecule has 0 aliphatic carbocycles. The van der Waals surface area contributed by atoms with Crippen LogP contribution in [0.2, 0.25) is 0 Å². The predicted octanol–water partition coefficient (Wildman–Crippen LogP) is 5.28. The molecule has 1 aromatic carbocycles. The van der Waals surface area contributed by atoms with Crippen LogP contribution in [-0.4, -0.2) is 42.6 Å². The molecule has 1 aliphatic heterocycles. The Bertz CT molecular complexity index is 994. The number of H-pyrrole nitrogens is 1. The minimum atomic E-state index is -2.51. The Kier molecular flexibility index (Phi) is 7.50. The maximum atomic E-state index is 13.1. The van der Waals surface area contributed by atoms with Gasteiger partial charge >= 0.3 is 0 Å². The van der Waals surface area contributed by atoms with Gasteiger partial charge in [-0.2, -0.15) is 0 Å². The van der Waals surface area contributed by atoms with Crippen LogP contribution in [0.4, 0.5) is 8.78 Å². The zero-order valence-electron chi connectivity index (χ0n) is 17.9. The summed E-state index contributed by atoms with van der Waals surface area (Å²) in [5.74, 6) is 0.590. The SMILES string of the molecule is C=C1/C(=C\C(=C\OCC)OC)CCN(C=O)C1CCc1c[nH]c2ccc(C(F)F)cc12. The van der Waals surface area contributed by atoms with Gasteiger partial charge in [-0.15, -0.1) is 0 Å². The second kappa shape index (κ2) is 10.3. The molecule has 1 N–H and O–H groups in total. The zero-order chi connectivity index (χ0) is 22.4. The van der Waals surface area contributed by atoms with E-state index in [-0.39, 0.29) is 11.6 Å². The summed E-state index contributed by atoms with van der Waals surface area (Å²) < 4.78 is 36.9. The van der Waals surface area contributed by atoms with Crippen molar-refractivity contribution in [3.63, 3.8) is 0 Å². The van der Waals surface area contributed by atoms with E-state index < -0.39 is 6.43 Å². The summed E-state index contributed by atoms with van der Waals surface area (Å²) in [5.41, 5.74) is 3.63. The molecule has 1 unspecified atom stereocenters. The summed E-state index contributed by atoms with van der Waals surface area (Å²) in [6.07, 6.45) is 5.58. The fourth-order valence-electron chi connectivity index (χ4n) is 3.92. The molecule has 5 nitrogen and oxygen atoms in total. The molecule has 2 aromatic rings. The molecule has 2 heterocycles. The highest BCUT2D eigenvalue weighted by atomic mass is 19.3. The summed E-state index contributed by atoms with van der Waals surface area (Å²) in [6, 6.07) is 4.47. The van der Waals surface area contributed by atoms with Crippen LogP contribution >= 0.6 is 0 Å². The summed E-state index contributed by atoms with van der Waals surface area (Å²) >= 11 is 0. The quantitative estimate of drug-likeness (QED) is 0.435. The lowest BCUT2D eigenvalue weighted by molar-refractivity contribution is -0.120. The van der Waals surface area contributed by atoms with Crippen molar-refractivity contribution >= 4 is 17.3 Å². The fourth-order valence-corrected chi connectivity index (χ4v) is 3.92. The number of hydrogen-bond acceptors (Lipinski definition) is 3. The van der Waals surface area contributed by atoms with E-state index in [0.29, 0.717) is 38.2 Å². The van der Waals surface area contributed by atoms with Gasteiger partial charge in [0.05, 0.1) is 19.8 Å². The van der Waals surface area contributed by atoms with E-state index in [1.807, 2.05) is 19.2 Å². The van der Waals surface area contributed by atoms with Crippen molar-refractivity contribution in [2.45, 2.75) is 38.7 Å². The molecule has 31 heavy (non-hydrogen) atoms. The molecule has 0 radical (unpaired) electrons. The number of benzene rings is 1. The van der Waals surface area contributed by atoms with Crippen molar-refractivity contribution in [3.05, 3.63) is 71.3 Å². The van der Waals surface area contributed by atoms with E-state index in [1.165, 1.54) is 12.1 Å². The summed E-state index contributed by atoms with van der Waals surface area (Å²) in [7, 11) is 1.58. The maximum absolute atomic E-state index is 13.1. The number of carbonyl (C=O) groups is 1. The lowest BCUT2D eigenvalue weighted by atomic mass is 9.88. The number of nitrogens with zero attached hydrogens (tertiary/aromatic N) is 1. The van der Waals surface area contributed by atoms with Crippen LogP contribution in [0.3, 0.4) is 0 Å². The van der Waals surface area contributed by atoms with E-state index in [1.54, 1.807) is 24.3 Å². The first-order valence-electron chi connectivity index (χ1n) is 10.3. The number of rotatable bonds is 9. The molecule has 1 fully saturated rings. The molecule has 1 saturated heterocycles. The number of fused-ring (bicyclic) bond motifs is 1. The van der Waals surface area contributed by atoms with Crippen LogP contribution in [0.1, 0.15) is 37.3 Å². The number of aromatic nitrogens is 1. The number of allylic oxidation sites excluding steroid dienone is 1. The van der Waals surface area contributed by atoms with Gasteiger partial charge in [-0.25, -0.2) is 8.78 Å². The van der Waals surface area contributed by atoms with Crippen LogP contribution in [-0.2, 0) is 20.7 Å². The van der Waals surface area contributed by atoms with Gasteiger partial charge in [0.2, 0.25) is 6.41 Å². The molecule has 0 spiro atoms. The minimum absolute atomic E-state index is 0.00310. The number of aromatic amines is 1. The van der Waals surface area contributed by atoms with Crippen molar-refractivity contribution in [2.24, 2.45) is 0 Å². The largest absolute Gasteiger partial charge is 0.498 e. The van der Waals surface area contributed by atoms with E-state index in [0.717, 1.165) is 34.0 Å². The molecule has 0 bridgehead atoms. The number of likely N-dealkylation sites (tertiary alicyclic amines) is 1. The van der Waals surface area contributed by atoms with Crippen molar-refractivity contribution in [2.75, 3.05) is 20.3 Å². The van der Waals surface area contributed by atoms with Crippen molar-refractivity contribution in [1.29, 1.82) is 0 Å². The number of aryl methyl sites for hydroxylation is 1. The Morgan fingerprint density at radius 3 is 2.90 bits per heavy atom. The highest BCUT2D eigenvalue weighted by Crippen LogP contribution is 2.32. The van der Waals surface area contributed by atoms with Gasteiger partial charge in [0.1, 0.15) is 6.26 Å². The Balaban J connectivity index is 1.80. The highest BCUT2D eigenvalue weighted by Gasteiger charge is 2.28. The monoisotopic (exact) mass is 430 g/mol. The van der Waals surface area contributed by atoms with Gasteiger partial charge in [0.25, 0.3) is 6.43 Å². The molecule has 3 rings (SSSR count).